The third-order valence-corrected chi connectivity index (χ3v) is 3.71. The van der Waals surface area contributed by atoms with Crippen molar-refractivity contribution >= 4 is 11.8 Å². The second-order valence-corrected chi connectivity index (χ2v) is 5.44. The van der Waals surface area contributed by atoms with E-state index in [1.807, 2.05) is 48.7 Å². The average molecular weight is 304 g/mol. The van der Waals surface area contributed by atoms with Gasteiger partial charge in [0.25, 0.3) is 0 Å². The Balaban J connectivity index is 2.50. The van der Waals surface area contributed by atoms with Gasteiger partial charge in [0.15, 0.2) is 0 Å². The summed E-state index contributed by atoms with van der Waals surface area (Å²) in [6, 6.07) is 10.1. The number of thioether (sulfide) groups is 1. The Morgan fingerprint density at radius 3 is 2.81 bits per heavy atom. The van der Waals surface area contributed by atoms with Crippen molar-refractivity contribution in [3.8, 4) is 0 Å². The summed E-state index contributed by atoms with van der Waals surface area (Å²) in [6.45, 7) is 6.13. The number of hydrogen-bond acceptors (Lipinski definition) is 3. The molecule has 0 spiro atoms. The Kier molecular flexibility index (Phi) is 9.42. The number of hydrogen-bond donors (Lipinski definition) is 1. The quantitative estimate of drug-likeness (QED) is 0.288. The zero-order chi connectivity index (χ0) is 15.3. The normalized spacial score (nSPS) is 13.3. The summed E-state index contributed by atoms with van der Waals surface area (Å²) in [5.74, 6) is 0.652. The first-order valence-electron chi connectivity index (χ1n) is 7.28. The van der Waals surface area contributed by atoms with Crippen LogP contribution in [-0.4, -0.2) is 17.8 Å². The molecule has 21 heavy (non-hydrogen) atoms. The molecule has 3 heteroatoms. The molecule has 0 fully saturated rings. The molecule has 1 N–H and O–H groups in total. The summed E-state index contributed by atoms with van der Waals surface area (Å²) in [7, 11) is 0. The van der Waals surface area contributed by atoms with Gasteiger partial charge in [0, 0.05) is 10.3 Å². The highest BCUT2D eigenvalue weighted by Gasteiger charge is 2.11. The molecule has 0 aliphatic rings. The van der Waals surface area contributed by atoms with Gasteiger partial charge in [-0.05, 0) is 38.3 Å². The highest BCUT2D eigenvalue weighted by atomic mass is 32.2. The number of rotatable bonds is 10. The van der Waals surface area contributed by atoms with E-state index in [1.54, 1.807) is 17.8 Å². The Morgan fingerprint density at radius 1 is 1.38 bits per heavy atom. The van der Waals surface area contributed by atoms with E-state index in [1.165, 1.54) is 0 Å². The van der Waals surface area contributed by atoms with Crippen LogP contribution in [0.15, 0.2) is 71.2 Å². The van der Waals surface area contributed by atoms with Crippen LogP contribution in [0.2, 0.25) is 0 Å². The molecule has 1 unspecified atom stereocenters. The zero-order valence-electron chi connectivity index (χ0n) is 12.6. The molecule has 1 atom stereocenters. The van der Waals surface area contributed by atoms with Gasteiger partial charge in [0.2, 0.25) is 0 Å². The minimum Gasteiger partial charge on any atom is -0.495 e. The van der Waals surface area contributed by atoms with Crippen molar-refractivity contribution in [2.24, 2.45) is 0 Å². The van der Waals surface area contributed by atoms with Crippen molar-refractivity contribution in [3.05, 3.63) is 66.3 Å². The molecule has 1 rings (SSSR count). The number of benzene rings is 1. The molecule has 0 amide bonds. The van der Waals surface area contributed by atoms with Crippen LogP contribution in [0.4, 0.5) is 0 Å². The fraction of sp³-hybridized carbons (Fsp3) is 0.333. The van der Waals surface area contributed by atoms with Gasteiger partial charge in [0.1, 0.15) is 11.9 Å². The lowest BCUT2D eigenvalue weighted by Gasteiger charge is -2.15. The maximum Gasteiger partial charge on any atom is 0.131 e. The van der Waals surface area contributed by atoms with Gasteiger partial charge < -0.3 is 9.84 Å². The van der Waals surface area contributed by atoms with Crippen LogP contribution < -0.4 is 0 Å². The van der Waals surface area contributed by atoms with Crippen molar-refractivity contribution in [1.82, 2.24) is 0 Å². The van der Waals surface area contributed by atoms with Crippen LogP contribution in [0.1, 0.15) is 26.2 Å². The van der Waals surface area contributed by atoms with E-state index in [2.05, 4.69) is 12.7 Å². The van der Waals surface area contributed by atoms with Crippen molar-refractivity contribution in [1.29, 1.82) is 0 Å². The standard InChI is InChI=1S/C18H24O2S/c1-3-5-6-7-11-14-17(19)18(20-4-2)15-21-16-12-9-8-10-13-16/h3,5-6,8-10,12-13,15,17,19H,1,4,7,11,14H2,2H3/b6-5+,18-15-. The predicted octanol–water partition coefficient (Wildman–Crippen LogP) is 4.93. The van der Waals surface area contributed by atoms with E-state index < -0.39 is 6.10 Å². The lowest BCUT2D eigenvalue weighted by molar-refractivity contribution is 0.101. The molecule has 0 radical (unpaired) electrons. The third-order valence-electron chi connectivity index (χ3n) is 2.81. The lowest BCUT2D eigenvalue weighted by Crippen LogP contribution is -2.12. The summed E-state index contributed by atoms with van der Waals surface area (Å²) in [5.41, 5.74) is 0. The first-order chi connectivity index (χ1) is 10.3. The second-order valence-electron chi connectivity index (χ2n) is 4.49. The highest BCUT2D eigenvalue weighted by Crippen LogP contribution is 2.23. The van der Waals surface area contributed by atoms with Crippen molar-refractivity contribution < 1.29 is 9.84 Å². The average Bonchev–Trinajstić information content (AvgIpc) is 2.52. The topological polar surface area (TPSA) is 29.5 Å². The number of aliphatic hydroxyl groups excluding tert-OH is 1. The van der Waals surface area contributed by atoms with Gasteiger partial charge in [-0.2, -0.15) is 0 Å². The van der Waals surface area contributed by atoms with E-state index >= 15 is 0 Å². The molecule has 0 bridgehead atoms. The monoisotopic (exact) mass is 304 g/mol. The molecule has 0 aliphatic heterocycles. The van der Waals surface area contributed by atoms with Gasteiger partial charge in [-0.15, -0.1) is 0 Å². The van der Waals surface area contributed by atoms with Gasteiger partial charge >= 0.3 is 0 Å². The summed E-state index contributed by atoms with van der Waals surface area (Å²) >= 11 is 1.57. The van der Waals surface area contributed by atoms with Crippen molar-refractivity contribution in [3.63, 3.8) is 0 Å². The zero-order valence-corrected chi connectivity index (χ0v) is 13.4. The smallest absolute Gasteiger partial charge is 0.131 e. The van der Waals surface area contributed by atoms with Crippen LogP contribution in [0.3, 0.4) is 0 Å². The molecule has 114 valence electrons. The molecule has 0 aromatic heterocycles. The predicted molar refractivity (Wildman–Crippen MR) is 91.2 cm³/mol. The molecule has 0 saturated carbocycles. The number of allylic oxidation sites excluding steroid dienone is 3. The number of ether oxygens (including phenoxy) is 1. The fourth-order valence-corrected chi connectivity index (χ4v) is 2.56. The molecule has 0 heterocycles. The minimum atomic E-state index is -0.543. The molecule has 0 saturated heterocycles. The lowest BCUT2D eigenvalue weighted by atomic mass is 10.1. The summed E-state index contributed by atoms with van der Waals surface area (Å²) in [5, 5.41) is 12.1. The summed E-state index contributed by atoms with van der Waals surface area (Å²) in [6.07, 6.45) is 7.76. The molecular weight excluding hydrogens is 280 g/mol. The van der Waals surface area contributed by atoms with Gasteiger partial charge in [-0.25, -0.2) is 0 Å². The number of unbranched alkanes of at least 4 members (excludes halogenated alkanes) is 1. The van der Waals surface area contributed by atoms with Gasteiger partial charge in [-0.3, -0.25) is 0 Å². The Hall–Kier alpha value is -1.45. The summed E-state index contributed by atoms with van der Waals surface area (Å²) in [4.78, 5) is 1.14. The Bertz CT molecular complexity index is 452. The van der Waals surface area contributed by atoms with Crippen LogP contribution in [0, 0.1) is 0 Å². The maximum atomic E-state index is 10.2. The minimum absolute atomic E-state index is 0.543. The molecule has 0 aliphatic carbocycles. The third kappa shape index (κ3) is 7.78. The molecular formula is C18H24O2S. The fourth-order valence-electron chi connectivity index (χ4n) is 1.76. The van der Waals surface area contributed by atoms with E-state index in [4.69, 9.17) is 4.74 Å². The van der Waals surface area contributed by atoms with Crippen molar-refractivity contribution in [2.75, 3.05) is 6.61 Å². The SMILES string of the molecule is C=C/C=C/CCCC(O)/C(=C/Sc1ccccc1)OCC. The van der Waals surface area contributed by atoms with Crippen LogP contribution in [0.25, 0.3) is 0 Å². The maximum absolute atomic E-state index is 10.2. The van der Waals surface area contributed by atoms with E-state index in [-0.39, 0.29) is 0 Å². The van der Waals surface area contributed by atoms with Gasteiger partial charge in [0.05, 0.1) is 6.61 Å². The molecule has 2 nitrogen and oxygen atoms in total. The number of aliphatic hydroxyl groups is 1. The van der Waals surface area contributed by atoms with Crippen LogP contribution in [-0.2, 0) is 4.74 Å². The van der Waals surface area contributed by atoms with Crippen LogP contribution >= 0.6 is 11.8 Å². The second kappa shape index (κ2) is 11.2. The largest absolute Gasteiger partial charge is 0.495 e. The summed E-state index contributed by atoms with van der Waals surface area (Å²) < 4.78 is 5.56. The van der Waals surface area contributed by atoms with E-state index in [0.29, 0.717) is 18.8 Å². The van der Waals surface area contributed by atoms with Crippen LogP contribution in [0.5, 0.6) is 0 Å². The first-order valence-corrected chi connectivity index (χ1v) is 8.16. The van der Waals surface area contributed by atoms with E-state index in [0.717, 1.165) is 17.7 Å². The molecule has 1 aromatic carbocycles. The van der Waals surface area contributed by atoms with Gasteiger partial charge in [-0.1, -0.05) is 54.8 Å². The Labute approximate surface area is 132 Å². The molecule has 1 aromatic rings. The van der Waals surface area contributed by atoms with E-state index in [9.17, 15) is 5.11 Å². The highest BCUT2D eigenvalue weighted by molar-refractivity contribution is 8.02. The Morgan fingerprint density at radius 2 is 2.14 bits per heavy atom. The first kappa shape index (κ1) is 17.6. The van der Waals surface area contributed by atoms with Crippen molar-refractivity contribution in [2.45, 2.75) is 37.2 Å².